The van der Waals surface area contributed by atoms with Crippen LogP contribution in [-0.2, 0) is 6.42 Å². The topological polar surface area (TPSA) is 64.4 Å². The number of hydrogen-bond donors (Lipinski definition) is 1. The molecule has 1 amide bonds. The molecular formula is C16H16N2O3. The molecule has 1 aliphatic carbocycles. The highest BCUT2D eigenvalue weighted by atomic mass is 16.5. The van der Waals surface area contributed by atoms with Crippen LogP contribution in [0.4, 0.5) is 0 Å². The number of amides is 1. The molecule has 4 rings (SSSR count). The monoisotopic (exact) mass is 284 g/mol. The first-order chi connectivity index (χ1) is 10.3. The maximum absolute atomic E-state index is 12.0. The van der Waals surface area contributed by atoms with Gasteiger partial charge in [0.2, 0.25) is 0 Å². The molecule has 0 unspecified atom stereocenters. The molecule has 5 heteroatoms. The third kappa shape index (κ3) is 2.51. The van der Waals surface area contributed by atoms with E-state index in [9.17, 15) is 4.79 Å². The number of para-hydroxylation sites is 1. The van der Waals surface area contributed by atoms with Crippen LogP contribution in [0.3, 0.4) is 0 Å². The van der Waals surface area contributed by atoms with Crippen LogP contribution in [0.5, 0.6) is 5.75 Å². The summed E-state index contributed by atoms with van der Waals surface area (Å²) >= 11 is 0. The van der Waals surface area contributed by atoms with Crippen LogP contribution in [-0.4, -0.2) is 23.7 Å². The van der Waals surface area contributed by atoms with Gasteiger partial charge < -0.3 is 14.6 Å². The molecule has 1 aliphatic heterocycles. The molecule has 1 fully saturated rings. The van der Waals surface area contributed by atoms with Crippen LogP contribution in [0, 0.1) is 0 Å². The Labute approximate surface area is 122 Å². The van der Waals surface area contributed by atoms with E-state index in [1.807, 2.05) is 18.2 Å². The summed E-state index contributed by atoms with van der Waals surface area (Å²) in [5.41, 5.74) is 1.54. The van der Waals surface area contributed by atoms with Crippen molar-refractivity contribution in [3.63, 3.8) is 0 Å². The van der Waals surface area contributed by atoms with Gasteiger partial charge in [-0.3, -0.25) is 4.79 Å². The predicted octanol–water partition coefficient (Wildman–Crippen LogP) is 2.29. The Morgan fingerprint density at radius 1 is 1.33 bits per heavy atom. The lowest BCUT2D eigenvalue weighted by Gasteiger charge is -2.10. The van der Waals surface area contributed by atoms with E-state index in [0.717, 1.165) is 30.8 Å². The zero-order chi connectivity index (χ0) is 14.2. The molecule has 1 N–H and O–H groups in total. The van der Waals surface area contributed by atoms with Crippen LogP contribution in [0.15, 0.2) is 34.9 Å². The highest BCUT2D eigenvalue weighted by Gasteiger charge is 2.29. The largest absolute Gasteiger partial charge is 0.488 e. The summed E-state index contributed by atoms with van der Waals surface area (Å²) in [6, 6.07) is 9.71. The lowest BCUT2D eigenvalue weighted by Crippen LogP contribution is -2.34. The van der Waals surface area contributed by atoms with Crippen LogP contribution >= 0.6 is 0 Å². The first-order valence-corrected chi connectivity index (χ1v) is 7.29. The van der Waals surface area contributed by atoms with Gasteiger partial charge >= 0.3 is 0 Å². The van der Waals surface area contributed by atoms with E-state index in [1.165, 1.54) is 5.56 Å². The highest BCUT2D eigenvalue weighted by molar-refractivity contribution is 5.92. The summed E-state index contributed by atoms with van der Waals surface area (Å²) in [5.74, 6) is 2.00. The third-order valence-electron chi connectivity index (χ3n) is 3.94. The first kappa shape index (κ1) is 12.4. The van der Waals surface area contributed by atoms with Gasteiger partial charge in [0.15, 0.2) is 5.69 Å². The molecule has 0 bridgehead atoms. The fourth-order valence-corrected chi connectivity index (χ4v) is 2.62. The Morgan fingerprint density at radius 3 is 3.00 bits per heavy atom. The molecule has 108 valence electrons. The smallest absolute Gasteiger partial charge is 0.273 e. The summed E-state index contributed by atoms with van der Waals surface area (Å²) in [6.07, 6.45) is 3.07. The third-order valence-corrected chi connectivity index (χ3v) is 3.94. The Hall–Kier alpha value is -2.30. The van der Waals surface area contributed by atoms with Crippen molar-refractivity contribution >= 4 is 5.91 Å². The van der Waals surface area contributed by atoms with Gasteiger partial charge in [-0.25, -0.2) is 0 Å². The molecule has 21 heavy (non-hydrogen) atoms. The van der Waals surface area contributed by atoms with Crippen LogP contribution < -0.4 is 10.1 Å². The average Bonchev–Trinajstić information content (AvgIpc) is 3.09. The summed E-state index contributed by atoms with van der Waals surface area (Å²) in [6.45, 7) is 0.471. The Kier molecular flexibility index (Phi) is 2.91. The molecule has 1 aromatic carbocycles. The van der Waals surface area contributed by atoms with Crippen molar-refractivity contribution in [3.8, 4) is 5.75 Å². The average molecular weight is 284 g/mol. The van der Waals surface area contributed by atoms with E-state index in [-0.39, 0.29) is 12.0 Å². The lowest BCUT2D eigenvalue weighted by atomic mass is 10.1. The van der Waals surface area contributed by atoms with Crippen molar-refractivity contribution in [3.05, 3.63) is 47.3 Å². The van der Waals surface area contributed by atoms with Crippen LogP contribution in [0.25, 0.3) is 0 Å². The lowest BCUT2D eigenvalue weighted by molar-refractivity contribution is 0.0924. The van der Waals surface area contributed by atoms with Gasteiger partial charge in [-0.15, -0.1) is 0 Å². The highest BCUT2D eigenvalue weighted by Crippen LogP contribution is 2.40. The number of nitrogens with one attached hydrogen (secondary N) is 1. The summed E-state index contributed by atoms with van der Waals surface area (Å²) < 4.78 is 11.0. The van der Waals surface area contributed by atoms with Gasteiger partial charge in [0.25, 0.3) is 5.91 Å². The van der Waals surface area contributed by atoms with Crippen molar-refractivity contribution in [2.45, 2.75) is 31.3 Å². The van der Waals surface area contributed by atoms with E-state index >= 15 is 0 Å². The van der Waals surface area contributed by atoms with E-state index in [4.69, 9.17) is 9.26 Å². The second kappa shape index (κ2) is 4.91. The molecule has 1 saturated carbocycles. The van der Waals surface area contributed by atoms with E-state index in [1.54, 1.807) is 6.07 Å². The quantitative estimate of drug-likeness (QED) is 0.935. The van der Waals surface area contributed by atoms with Crippen molar-refractivity contribution in [2.24, 2.45) is 0 Å². The standard InChI is InChI=1S/C16H16N2O3/c19-16(13-8-15(21-18-13)10-5-6-10)17-9-12-7-11-3-1-2-4-14(11)20-12/h1-4,8,10,12H,5-7,9H2,(H,17,19)/t12-/m1/s1. The fraction of sp³-hybridized carbons (Fsp3) is 0.375. The van der Waals surface area contributed by atoms with Gasteiger partial charge in [0, 0.05) is 18.4 Å². The Bertz CT molecular complexity index is 651. The molecular weight excluding hydrogens is 268 g/mol. The molecule has 0 spiro atoms. The van der Waals surface area contributed by atoms with Gasteiger partial charge in [-0.05, 0) is 24.5 Å². The Morgan fingerprint density at radius 2 is 2.19 bits per heavy atom. The summed E-state index contributed by atoms with van der Waals surface area (Å²) in [4.78, 5) is 12.0. The van der Waals surface area contributed by atoms with E-state index < -0.39 is 0 Å². The van der Waals surface area contributed by atoms with Crippen molar-refractivity contribution in [1.29, 1.82) is 0 Å². The predicted molar refractivity (Wildman–Crippen MR) is 75.4 cm³/mol. The minimum Gasteiger partial charge on any atom is -0.488 e. The number of rotatable bonds is 4. The van der Waals surface area contributed by atoms with Crippen molar-refractivity contribution in [1.82, 2.24) is 10.5 Å². The summed E-state index contributed by atoms with van der Waals surface area (Å²) in [7, 11) is 0. The number of hydrogen-bond acceptors (Lipinski definition) is 4. The van der Waals surface area contributed by atoms with E-state index in [2.05, 4.69) is 16.5 Å². The molecule has 2 aromatic rings. The van der Waals surface area contributed by atoms with Crippen molar-refractivity contribution in [2.75, 3.05) is 6.54 Å². The van der Waals surface area contributed by atoms with Crippen LogP contribution in [0.1, 0.15) is 40.6 Å². The molecule has 1 aromatic heterocycles. The normalized spacial score (nSPS) is 19.9. The Balaban J connectivity index is 1.33. The second-order valence-electron chi connectivity index (χ2n) is 5.65. The molecule has 0 radical (unpaired) electrons. The maximum atomic E-state index is 12.0. The number of fused-ring (bicyclic) bond motifs is 1. The van der Waals surface area contributed by atoms with Gasteiger partial charge in [0.1, 0.15) is 17.6 Å². The minimum absolute atomic E-state index is 0.0128. The molecule has 0 saturated heterocycles. The number of aromatic nitrogens is 1. The van der Waals surface area contributed by atoms with Gasteiger partial charge in [0.05, 0.1) is 6.54 Å². The number of carbonyl (C=O) groups excluding carboxylic acids is 1. The maximum Gasteiger partial charge on any atom is 0.273 e. The summed E-state index contributed by atoms with van der Waals surface area (Å²) in [5, 5.41) is 6.70. The number of carbonyl (C=O) groups is 1. The molecule has 2 heterocycles. The number of ether oxygens (including phenoxy) is 1. The minimum atomic E-state index is -0.204. The zero-order valence-corrected chi connectivity index (χ0v) is 11.5. The van der Waals surface area contributed by atoms with Gasteiger partial charge in [-0.2, -0.15) is 0 Å². The molecule has 1 atom stereocenters. The van der Waals surface area contributed by atoms with Crippen molar-refractivity contribution < 1.29 is 14.1 Å². The number of benzene rings is 1. The SMILES string of the molecule is O=C(NC[C@H]1Cc2ccccc2O1)c1cc(C2CC2)on1. The van der Waals surface area contributed by atoms with E-state index in [0.29, 0.717) is 18.2 Å². The fourth-order valence-electron chi connectivity index (χ4n) is 2.62. The molecule has 5 nitrogen and oxygen atoms in total. The zero-order valence-electron chi connectivity index (χ0n) is 11.5. The number of nitrogens with zero attached hydrogens (tertiary/aromatic N) is 1. The van der Waals surface area contributed by atoms with Crippen LogP contribution in [0.2, 0.25) is 0 Å². The first-order valence-electron chi connectivity index (χ1n) is 7.29. The molecule has 2 aliphatic rings. The van der Waals surface area contributed by atoms with Gasteiger partial charge in [-0.1, -0.05) is 23.4 Å². The second-order valence-corrected chi connectivity index (χ2v) is 5.65.